The number of rotatable bonds is 8. The number of para-hydroxylation sites is 2. The van der Waals surface area contributed by atoms with Gasteiger partial charge in [0, 0.05) is 12.6 Å². The van der Waals surface area contributed by atoms with Crippen LogP contribution in [0, 0.1) is 10.1 Å². The molecule has 0 aliphatic rings. The molecule has 1 aromatic carbocycles. The molecule has 0 saturated heterocycles. The number of carbonyl (C=O) groups is 2. The van der Waals surface area contributed by atoms with E-state index >= 15 is 0 Å². The van der Waals surface area contributed by atoms with Crippen LogP contribution in [0.5, 0.6) is 0 Å². The summed E-state index contributed by atoms with van der Waals surface area (Å²) in [6.45, 7) is 2.27. The number of carbonyl (C=O) groups excluding carboxylic acids is 2. The molecule has 0 heterocycles. The van der Waals surface area contributed by atoms with Crippen molar-refractivity contribution in [2.75, 3.05) is 25.0 Å². The molecule has 2 N–H and O–H groups in total. The highest BCUT2D eigenvalue weighted by atomic mass is 16.6. The first-order valence-corrected chi connectivity index (χ1v) is 6.44. The highest BCUT2D eigenvalue weighted by molar-refractivity contribution is 5.94. The van der Waals surface area contributed by atoms with Gasteiger partial charge >= 0.3 is 5.97 Å². The quantitative estimate of drug-likeness (QED) is 0.321. The van der Waals surface area contributed by atoms with Gasteiger partial charge in [0.05, 0.1) is 24.5 Å². The number of amides is 1. The van der Waals surface area contributed by atoms with Crippen LogP contribution in [0.2, 0.25) is 0 Å². The Balaban J connectivity index is 2.38. The fourth-order valence-corrected chi connectivity index (χ4v) is 1.56. The first-order valence-electron chi connectivity index (χ1n) is 6.44. The third-order valence-electron chi connectivity index (χ3n) is 2.47. The van der Waals surface area contributed by atoms with Crippen molar-refractivity contribution in [2.45, 2.75) is 13.3 Å². The first kappa shape index (κ1) is 16.6. The molecule has 0 bridgehead atoms. The zero-order valence-electron chi connectivity index (χ0n) is 11.6. The molecule has 1 rings (SSSR count). The van der Waals surface area contributed by atoms with Crippen molar-refractivity contribution >= 4 is 23.3 Å². The van der Waals surface area contributed by atoms with Gasteiger partial charge in [0.15, 0.2) is 0 Å². The third-order valence-corrected chi connectivity index (χ3v) is 2.47. The highest BCUT2D eigenvalue weighted by Crippen LogP contribution is 2.22. The second kappa shape index (κ2) is 8.64. The van der Waals surface area contributed by atoms with Crippen molar-refractivity contribution in [1.29, 1.82) is 0 Å². The number of nitro benzene ring substituents is 1. The fraction of sp³-hybridized carbons (Fsp3) is 0.385. The third kappa shape index (κ3) is 6.00. The molecule has 0 spiro atoms. The summed E-state index contributed by atoms with van der Waals surface area (Å²) in [6.07, 6.45) is 0.159. The summed E-state index contributed by atoms with van der Waals surface area (Å²) in [5.41, 5.74) is -0.0305. The van der Waals surface area contributed by atoms with E-state index in [9.17, 15) is 19.7 Å². The van der Waals surface area contributed by atoms with E-state index in [1.807, 2.05) is 0 Å². The van der Waals surface area contributed by atoms with Gasteiger partial charge in [0.25, 0.3) is 5.69 Å². The number of nitro groups is 1. The van der Waals surface area contributed by atoms with Crippen molar-refractivity contribution in [3.8, 4) is 0 Å². The summed E-state index contributed by atoms with van der Waals surface area (Å²) in [7, 11) is 0. The maximum absolute atomic E-state index is 11.6. The summed E-state index contributed by atoms with van der Waals surface area (Å²) in [5, 5.41) is 16.0. The Hall–Kier alpha value is -2.48. The number of nitrogens with one attached hydrogen (secondary N) is 2. The maximum atomic E-state index is 11.6. The van der Waals surface area contributed by atoms with Crippen molar-refractivity contribution in [3.63, 3.8) is 0 Å². The predicted molar refractivity (Wildman–Crippen MR) is 75.8 cm³/mol. The van der Waals surface area contributed by atoms with Crippen molar-refractivity contribution < 1.29 is 19.2 Å². The Kier molecular flexibility index (Phi) is 6.82. The average Bonchev–Trinajstić information content (AvgIpc) is 2.44. The van der Waals surface area contributed by atoms with Crippen LogP contribution in [-0.2, 0) is 14.3 Å². The monoisotopic (exact) mass is 295 g/mol. The highest BCUT2D eigenvalue weighted by Gasteiger charge is 2.14. The largest absolute Gasteiger partial charge is 0.466 e. The van der Waals surface area contributed by atoms with Gasteiger partial charge in [-0.15, -0.1) is 0 Å². The molecule has 0 unspecified atom stereocenters. The lowest BCUT2D eigenvalue weighted by Crippen LogP contribution is -2.30. The number of hydrogen-bond acceptors (Lipinski definition) is 6. The Morgan fingerprint density at radius 3 is 2.71 bits per heavy atom. The van der Waals surface area contributed by atoms with Crippen molar-refractivity contribution in [3.05, 3.63) is 34.4 Å². The molecule has 1 aromatic rings. The van der Waals surface area contributed by atoms with E-state index in [4.69, 9.17) is 4.74 Å². The van der Waals surface area contributed by atoms with Crippen LogP contribution in [0.1, 0.15) is 13.3 Å². The normalized spacial score (nSPS) is 9.95. The van der Waals surface area contributed by atoms with E-state index in [1.54, 1.807) is 13.0 Å². The molecule has 0 aliphatic heterocycles. The van der Waals surface area contributed by atoms with Gasteiger partial charge in [-0.25, -0.2) is 0 Å². The number of ether oxygens (including phenoxy) is 1. The summed E-state index contributed by atoms with van der Waals surface area (Å²) >= 11 is 0. The van der Waals surface area contributed by atoms with Crippen LogP contribution in [0.4, 0.5) is 11.4 Å². The van der Waals surface area contributed by atoms with Gasteiger partial charge in [-0.05, 0) is 13.0 Å². The molecule has 8 nitrogen and oxygen atoms in total. The molecule has 0 atom stereocenters. The lowest BCUT2D eigenvalue weighted by atomic mass is 10.2. The minimum Gasteiger partial charge on any atom is -0.466 e. The van der Waals surface area contributed by atoms with Crippen LogP contribution in [0.15, 0.2) is 24.3 Å². The molecule has 0 aromatic heterocycles. The Bertz CT molecular complexity index is 518. The van der Waals surface area contributed by atoms with Gasteiger partial charge in [0.2, 0.25) is 5.91 Å². The zero-order valence-corrected chi connectivity index (χ0v) is 11.6. The van der Waals surface area contributed by atoms with Crippen LogP contribution in [0.25, 0.3) is 0 Å². The van der Waals surface area contributed by atoms with Gasteiger partial charge < -0.3 is 15.4 Å². The molecule has 0 fully saturated rings. The summed E-state index contributed by atoms with van der Waals surface area (Å²) in [6, 6.07) is 5.88. The standard InChI is InChI=1S/C13H17N3O5/c1-2-21-13(18)7-8-14-9-12(17)15-10-5-3-4-6-11(10)16(19)20/h3-6,14H,2,7-9H2,1H3,(H,15,17). The number of anilines is 1. The van der Waals surface area contributed by atoms with Crippen molar-refractivity contribution in [1.82, 2.24) is 5.32 Å². The smallest absolute Gasteiger partial charge is 0.307 e. The Morgan fingerprint density at radius 2 is 2.05 bits per heavy atom. The van der Waals surface area contributed by atoms with Gasteiger partial charge in [0.1, 0.15) is 5.69 Å². The second-order valence-electron chi connectivity index (χ2n) is 4.05. The average molecular weight is 295 g/mol. The van der Waals surface area contributed by atoms with E-state index in [0.29, 0.717) is 13.2 Å². The predicted octanol–water partition coefficient (Wildman–Crippen LogP) is 1.08. The second-order valence-corrected chi connectivity index (χ2v) is 4.05. The maximum Gasteiger partial charge on any atom is 0.307 e. The van der Waals surface area contributed by atoms with Gasteiger partial charge in [-0.3, -0.25) is 19.7 Å². The van der Waals surface area contributed by atoms with E-state index in [-0.39, 0.29) is 30.3 Å². The molecule has 0 radical (unpaired) electrons. The molecule has 0 aliphatic carbocycles. The summed E-state index contributed by atoms with van der Waals surface area (Å²) in [5.74, 6) is -0.766. The Labute approximate surface area is 121 Å². The van der Waals surface area contributed by atoms with Crippen LogP contribution < -0.4 is 10.6 Å². The van der Waals surface area contributed by atoms with E-state index in [2.05, 4.69) is 10.6 Å². The summed E-state index contributed by atoms with van der Waals surface area (Å²) < 4.78 is 4.73. The minimum atomic E-state index is -0.566. The van der Waals surface area contributed by atoms with E-state index in [0.717, 1.165) is 0 Å². The van der Waals surface area contributed by atoms with E-state index < -0.39 is 10.8 Å². The lowest BCUT2D eigenvalue weighted by molar-refractivity contribution is -0.383. The number of hydrogen-bond donors (Lipinski definition) is 2. The molecular formula is C13H17N3O5. The molecule has 21 heavy (non-hydrogen) atoms. The van der Waals surface area contributed by atoms with E-state index in [1.165, 1.54) is 18.2 Å². The molecular weight excluding hydrogens is 278 g/mol. The van der Waals surface area contributed by atoms with Gasteiger partial charge in [-0.2, -0.15) is 0 Å². The number of nitrogens with zero attached hydrogens (tertiary/aromatic N) is 1. The van der Waals surface area contributed by atoms with Crippen LogP contribution >= 0.6 is 0 Å². The topological polar surface area (TPSA) is 111 Å². The van der Waals surface area contributed by atoms with Crippen molar-refractivity contribution in [2.24, 2.45) is 0 Å². The SMILES string of the molecule is CCOC(=O)CCNCC(=O)Nc1ccccc1[N+](=O)[O-]. The lowest BCUT2D eigenvalue weighted by Gasteiger charge is -2.07. The van der Waals surface area contributed by atoms with Crippen LogP contribution in [-0.4, -0.2) is 36.5 Å². The number of esters is 1. The molecule has 8 heteroatoms. The number of benzene rings is 1. The molecule has 114 valence electrons. The minimum absolute atomic E-state index is 0.0501. The molecule has 1 amide bonds. The Morgan fingerprint density at radius 1 is 1.33 bits per heavy atom. The zero-order chi connectivity index (χ0) is 15.7. The summed E-state index contributed by atoms with van der Waals surface area (Å²) in [4.78, 5) is 32.9. The van der Waals surface area contributed by atoms with Crippen LogP contribution in [0.3, 0.4) is 0 Å². The fourth-order valence-electron chi connectivity index (χ4n) is 1.56. The molecule has 0 saturated carbocycles. The first-order chi connectivity index (χ1) is 10.0. The van der Waals surface area contributed by atoms with Gasteiger partial charge in [-0.1, -0.05) is 12.1 Å².